The van der Waals surface area contributed by atoms with Crippen LogP contribution in [0.15, 0.2) is 103 Å². The zero-order valence-electron chi connectivity index (χ0n) is 14.7. The van der Waals surface area contributed by atoms with Crippen molar-refractivity contribution in [2.75, 3.05) is 0 Å². The summed E-state index contributed by atoms with van der Waals surface area (Å²) in [6.07, 6.45) is 0. The standard InChI is InChI=1S/C24H17N3/c1-3-11-19(12-4-1)24-23(25-26-27(24)20-14-5-2-6-15-20)22-17-9-13-18-10-7-8-16-21(18)22/h1-17H. The highest BCUT2D eigenvalue weighted by atomic mass is 15.4. The molecule has 0 radical (unpaired) electrons. The minimum absolute atomic E-state index is 0.891. The van der Waals surface area contributed by atoms with Gasteiger partial charge < -0.3 is 0 Å². The molecule has 3 nitrogen and oxygen atoms in total. The van der Waals surface area contributed by atoms with Crippen LogP contribution in [0.25, 0.3) is 39.0 Å². The fourth-order valence-corrected chi connectivity index (χ4v) is 3.50. The van der Waals surface area contributed by atoms with E-state index in [2.05, 4.69) is 64.9 Å². The van der Waals surface area contributed by atoms with E-state index in [1.165, 1.54) is 10.8 Å². The van der Waals surface area contributed by atoms with E-state index < -0.39 is 0 Å². The van der Waals surface area contributed by atoms with Gasteiger partial charge in [-0.05, 0) is 22.9 Å². The highest BCUT2D eigenvalue weighted by Gasteiger charge is 2.19. The minimum Gasteiger partial charge on any atom is -0.212 e. The fourth-order valence-electron chi connectivity index (χ4n) is 3.50. The molecule has 4 aromatic carbocycles. The van der Waals surface area contributed by atoms with Gasteiger partial charge in [-0.15, -0.1) is 5.10 Å². The Bertz CT molecular complexity index is 1200. The second kappa shape index (κ2) is 6.54. The molecule has 0 saturated heterocycles. The van der Waals surface area contributed by atoms with E-state index in [9.17, 15) is 0 Å². The lowest BCUT2D eigenvalue weighted by Crippen LogP contribution is -1.99. The summed E-state index contributed by atoms with van der Waals surface area (Å²) in [5, 5.41) is 11.5. The Hall–Kier alpha value is -3.72. The van der Waals surface area contributed by atoms with Gasteiger partial charge in [0.2, 0.25) is 0 Å². The first-order valence-electron chi connectivity index (χ1n) is 8.96. The van der Waals surface area contributed by atoms with Gasteiger partial charge in [-0.25, -0.2) is 4.68 Å². The van der Waals surface area contributed by atoms with Gasteiger partial charge in [0.15, 0.2) is 0 Å². The molecule has 0 fully saturated rings. The van der Waals surface area contributed by atoms with E-state index in [0.29, 0.717) is 0 Å². The third kappa shape index (κ3) is 2.70. The molecule has 0 atom stereocenters. The maximum absolute atomic E-state index is 4.60. The van der Waals surface area contributed by atoms with Crippen LogP contribution in [-0.2, 0) is 0 Å². The first-order chi connectivity index (χ1) is 13.4. The van der Waals surface area contributed by atoms with Gasteiger partial charge in [0.1, 0.15) is 11.4 Å². The molecule has 0 saturated carbocycles. The fraction of sp³-hybridized carbons (Fsp3) is 0. The zero-order valence-corrected chi connectivity index (χ0v) is 14.7. The number of benzene rings is 4. The molecule has 0 bridgehead atoms. The van der Waals surface area contributed by atoms with E-state index in [0.717, 1.165) is 28.2 Å². The monoisotopic (exact) mass is 347 g/mol. The van der Waals surface area contributed by atoms with Crippen molar-refractivity contribution < 1.29 is 0 Å². The third-order valence-electron chi connectivity index (χ3n) is 4.76. The molecule has 0 aliphatic carbocycles. The van der Waals surface area contributed by atoms with E-state index >= 15 is 0 Å². The summed E-state index contributed by atoms with van der Waals surface area (Å²) in [6.45, 7) is 0. The molecule has 128 valence electrons. The van der Waals surface area contributed by atoms with Crippen LogP contribution in [0.4, 0.5) is 0 Å². The summed E-state index contributed by atoms with van der Waals surface area (Å²) in [6, 6.07) is 35.2. The normalized spacial score (nSPS) is 11.0. The average Bonchev–Trinajstić information content (AvgIpc) is 3.19. The molecule has 0 N–H and O–H groups in total. The van der Waals surface area contributed by atoms with Crippen molar-refractivity contribution in [3.05, 3.63) is 103 Å². The summed E-state index contributed by atoms with van der Waals surface area (Å²) in [5.74, 6) is 0. The van der Waals surface area contributed by atoms with Crippen LogP contribution >= 0.6 is 0 Å². The number of aromatic nitrogens is 3. The van der Waals surface area contributed by atoms with Crippen LogP contribution in [0.1, 0.15) is 0 Å². The van der Waals surface area contributed by atoms with Crippen molar-refractivity contribution in [2.24, 2.45) is 0 Å². The van der Waals surface area contributed by atoms with E-state index in [1.807, 2.05) is 53.2 Å². The predicted molar refractivity (Wildman–Crippen MR) is 110 cm³/mol. The van der Waals surface area contributed by atoms with Gasteiger partial charge in [0.05, 0.1) is 5.69 Å². The largest absolute Gasteiger partial charge is 0.212 e. The van der Waals surface area contributed by atoms with Gasteiger partial charge in [-0.2, -0.15) is 0 Å². The number of rotatable bonds is 3. The summed E-state index contributed by atoms with van der Waals surface area (Å²) in [4.78, 5) is 0. The lowest BCUT2D eigenvalue weighted by molar-refractivity contribution is 0.809. The summed E-state index contributed by atoms with van der Waals surface area (Å²) < 4.78 is 1.92. The molecule has 1 heterocycles. The van der Waals surface area contributed by atoms with Gasteiger partial charge >= 0.3 is 0 Å². The molecule has 1 aromatic heterocycles. The van der Waals surface area contributed by atoms with Crippen LogP contribution in [-0.4, -0.2) is 15.0 Å². The molecule has 0 amide bonds. The maximum Gasteiger partial charge on any atom is 0.122 e. The maximum atomic E-state index is 4.60. The van der Waals surface area contributed by atoms with Crippen molar-refractivity contribution in [3.8, 4) is 28.2 Å². The number of fused-ring (bicyclic) bond motifs is 1. The van der Waals surface area contributed by atoms with Crippen LogP contribution in [0, 0.1) is 0 Å². The molecule has 0 unspecified atom stereocenters. The van der Waals surface area contributed by atoms with Crippen LogP contribution in [0.3, 0.4) is 0 Å². The first kappa shape index (κ1) is 15.5. The molecule has 0 spiro atoms. The Labute approximate surface area is 157 Å². The van der Waals surface area contributed by atoms with Gasteiger partial charge in [0, 0.05) is 11.1 Å². The van der Waals surface area contributed by atoms with E-state index in [4.69, 9.17) is 0 Å². The number of nitrogens with zero attached hydrogens (tertiary/aromatic N) is 3. The lowest BCUT2D eigenvalue weighted by Gasteiger charge is -2.10. The number of hydrogen-bond donors (Lipinski definition) is 0. The summed E-state index contributed by atoms with van der Waals surface area (Å²) in [7, 11) is 0. The van der Waals surface area contributed by atoms with Crippen LogP contribution < -0.4 is 0 Å². The SMILES string of the molecule is c1ccc(-c2c(-c3cccc4ccccc34)nnn2-c2ccccc2)cc1. The molecule has 5 rings (SSSR count). The highest BCUT2D eigenvalue weighted by Crippen LogP contribution is 2.35. The van der Waals surface area contributed by atoms with Gasteiger partial charge in [-0.3, -0.25) is 0 Å². The van der Waals surface area contributed by atoms with Crippen molar-refractivity contribution >= 4 is 10.8 Å². The molecule has 5 aromatic rings. The lowest BCUT2D eigenvalue weighted by atomic mass is 9.99. The second-order valence-electron chi connectivity index (χ2n) is 6.43. The van der Waals surface area contributed by atoms with Crippen molar-refractivity contribution in [3.63, 3.8) is 0 Å². The van der Waals surface area contributed by atoms with Crippen molar-refractivity contribution in [2.45, 2.75) is 0 Å². The second-order valence-corrected chi connectivity index (χ2v) is 6.43. The highest BCUT2D eigenvalue weighted by molar-refractivity contribution is 5.98. The Morgan fingerprint density at radius 1 is 0.593 bits per heavy atom. The van der Waals surface area contributed by atoms with E-state index in [-0.39, 0.29) is 0 Å². The van der Waals surface area contributed by atoms with Crippen molar-refractivity contribution in [1.29, 1.82) is 0 Å². The Kier molecular flexibility index (Phi) is 3.76. The first-order valence-corrected chi connectivity index (χ1v) is 8.96. The quantitative estimate of drug-likeness (QED) is 0.416. The van der Waals surface area contributed by atoms with Crippen molar-refractivity contribution in [1.82, 2.24) is 15.0 Å². The Balaban J connectivity index is 1.82. The number of para-hydroxylation sites is 1. The molecular weight excluding hydrogens is 330 g/mol. The topological polar surface area (TPSA) is 30.7 Å². The number of hydrogen-bond acceptors (Lipinski definition) is 2. The predicted octanol–water partition coefficient (Wildman–Crippen LogP) is 5.75. The summed E-state index contributed by atoms with van der Waals surface area (Å²) >= 11 is 0. The van der Waals surface area contributed by atoms with Crippen LogP contribution in [0.2, 0.25) is 0 Å². The molecule has 3 heteroatoms. The molecular formula is C24H17N3. The van der Waals surface area contributed by atoms with Crippen LogP contribution in [0.5, 0.6) is 0 Å². The molecule has 0 aliphatic rings. The molecule has 27 heavy (non-hydrogen) atoms. The van der Waals surface area contributed by atoms with Gasteiger partial charge in [-0.1, -0.05) is 96.2 Å². The average molecular weight is 347 g/mol. The summed E-state index contributed by atoms with van der Waals surface area (Å²) in [5.41, 5.74) is 5.07. The Morgan fingerprint density at radius 3 is 2.07 bits per heavy atom. The minimum atomic E-state index is 0.891. The Morgan fingerprint density at radius 2 is 1.26 bits per heavy atom. The third-order valence-corrected chi connectivity index (χ3v) is 4.76. The smallest absolute Gasteiger partial charge is 0.122 e. The molecule has 0 aliphatic heterocycles. The van der Waals surface area contributed by atoms with Gasteiger partial charge in [0.25, 0.3) is 0 Å². The zero-order chi connectivity index (χ0) is 18.1. The van der Waals surface area contributed by atoms with E-state index in [1.54, 1.807) is 0 Å².